The minimum absolute atomic E-state index is 0.0864. The van der Waals surface area contributed by atoms with Gasteiger partial charge in [0.1, 0.15) is 5.82 Å². The third-order valence-corrected chi connectivity index (χ3v) is 7.77. The Bertz CT molecular complexity index is 1410. The lowest BCUT2D eigenvalue weighted by molar-refractivity contribution is -0.123. The molecule has 2 amide bonds. The van der Waals surface area contributed by atoms with Gasteiger partial charge in [0.15, 0.2) is 0 Å². The summed E-state index contributed by atoms with van der Waals surface area (Å²) in [5.74, 6) is 0.402. The molecule has 1 fully saturated rings. The summed E-state index contributed by atoms with van der Waals surface area (Å²) in [7, 11) is -3.31. The number of nitrogens with one attached hydrogen (secondary N) is 1. The lowest BCUT2D eigenvalue weighted by atomic mass is 9.97. The van der Waals surface area contributed by atoms with Crippen molar-refractivity contribution in [3.05, 3.63) is 77.4 Å². The molecule has 2 aromatic carbocycles. The third kappa shape index (κ3) is 4.66. The predicted molar refractivity (Wildman–Crippen MR) is 133 cm³/mol. The number of carbonyl (C=O) groups excluding carboxylic acids is 2. The van der Waals surface area contributed by atoms with Crippen molar-refractivity contribution in [1.82, 2.24) is 14.5 Å². The molecule has 1 aromatic heterocycles. The van der Waals surface area contributed by atoms with Crippen LogP contribution in [0.15, 0.2) is 54.9 Å². The average Bonchev–Trinajstić information content (AvgIpc) is 3.38. The first-order valence-electron chi connectivity index (χ1n) is 11.5. The van der Waals surface area contributed by atoms with Crippen LogP contribution < -0.4 is 9.62 Å². The second-order valence-electron chi connectivity index (χ2n) is 9.13. The molecule has 0 bridgehead atoms. The molecule has 0 atom stereocenters. The Balaban J connectivity index is 1.18. The van der Waals surface area contributed by atoms with Gasteiger partial charge in [-0.3, -0.25) is 13.9 Å². The largest absolute Gasteiger partial charge is 0.337 e. The van der Waals surface area contributed by atoms with Gasteiger partial charge in [0.25, 0.3) is 5.91 Å². The average molecular weight is 494 g/mol. The van der Waals surface area contributed by atoms with Crippen LogP contribution >= 0.6 is 0 Å². The van der Waals surface area contributed by atoms with E-state index in [4.69, 9.17) is 0 Å². The summed E-state index contributed by atoms with van der Waals surface area (Å²) in [6.45, 7) is 3.72. The van der Waals surface area contributed by atoms with Gasteiger partial charge in [0, 0.05) is 49.8 Å². The van der Waals surface area contributed by atoms with Crippen LogP contribution in [0.25, 0.3) is 0 Å². The van der Waals surface area contributed by atoms with E-state index in [1.54, 1.807) is 29.3 Å². The molecule has 10 heteroatoms. The molecular formula is C25H27N5O4S. The molecule has 3 aromatic rings. The number of nitrogens with zero attached hydrogens (tertiary/aromatic N) is 4. The standard InChI is InChI=1S/C25H27N5O4S/c1-17-26-9-11-28(17)14-18-4-3-5-20(12-18)25(32)29-15-21(16-29)24(31)27-22-6-7-23-19(13-22)8-10-30(23)35(2,33)34/h3-7,9,11-13,21H,8,10,14-16H2,1-2H3,(H,27,31). The smallest absolute Gasteiger partial charge is 0.253 e. The predicted octanol–water partition coefficient (Wildman–Crippen LogP) is 2.27. The van der Waals surface area contributed by atoms with Gasteiger partial charge in [-0.25, -0.2) is 13.4 Å². The van der Waals surface area contributed by atoms with Crippen molar-refractivity contribution >= 4 is 33.2 Å². The number of imidazole rings is 1. The molecule has 0 saturated carbocycles. The Morgan fingerprint density at radius 3 is 2.66 bits per heavy atom. The molecule has 5 rings (SSSR count). The van der Waals surface area contributed by atoms with E-state index in [9.17, 15) is 18.0 Å². The molecule has 35 heavy (non-hydrogen) atoms. The Morgan fingerprint density at radius 1 is 1.14 bits per heavy atom. The van der Waals surface area contributed by atoms with Crippen molar-refractivity contribution in [1.29, 1.82) is 0 Å². The van der Waals surface area contributed by atoms with Gasteiger partial charge >= 0.3 is 0 Å². The fraction of sp³-hybridized carbons (Fsp3) is 0.320. The first kappa shape index (κ1) is 23.1. The monoisotopic (exact) mass is 493 g/mol. The number of hydrogen-bond donors (Lipinski definition) is 1. The number of hydrogen-bond acceptors (Lipinski definition) is 5. The first-order valence-corrected chi connectivity index (χ1v) is 13.3. The second-order valence-corrected chi connectivity index (χ2v) is 11.0. The highest BCUT2D eigenvalue weighted by atomic mass is 32.2. The number of amides is 2. The maximum absolute atomic E-state index is 12.9. The topological polar surface area (TPSA) is 105 Å². The van der Waals surface area contributed by atoms with Gasteiger partial charge in [0.2, 0.25) is 15.9 Å². The highest BCUT2D eigenvalue weighted by Crippen LogP contribution is 2.32. The number of benzene rings is 2. The summed E-state index contributed by atoms with van der Waals surface area (Å²) in [6.07, 6.45) is 5.46. The molecule has 2 aliphatic rings. The zero-order valence-electron chi connectivity index (χ0n) is 19.6. The number of aryl methyl sites for hydroxylation is 1. The van der Waals surface area contributed by atoms with Crippen molar-refractivity contribution in [2.45, 2.75) is 19.9 Å². The Hall–Kier alpha value is -3.66. The van der Waals surface area contributed by atoms with Crippen LogP contribution in [0.4, 0.5) is 11.4 Å². The van der Waals surface area contributed by atoms with Crippen LogP contribution in [-0.4, -0.2) is 60.6 Å². The van der Waals surface area contributed by atoms with Crippen LogP contribution in [0.2, 0.25) is 0 Å². The number of likely N-dealkylation sites (tertiary alicyclic amines) is 1. The Kier molecular flexibility index (Phi) is 5.84. The fourth-order valence-electron chi connectivity index (χ4n) is 4.60. The molecule has 0 spiro atoms. The third-order valence-electron chi connectivity index (χ3n) is 6.59. The van der Waals surface area contributed by atoms with Gasteiger partial charge in [-0.2, -0.15) is 0 Å². The maximum Gasteiger partial charge on any atom is 0.253 e. The van der Waals surface area contributed by atoms with E-state index in [1.807, 2.05) is 42.0 Å². The molecule has 182 valence electrons. The van der Waals surface area contributed by atoms with Gasteiger partial charge in [0.05, 0.1) is 17.9 Å². The highest BCUT2D eigenvalue weighted by molar-refractivity contribution is 7.92. The number of anilines is 2. The minimum atomic E-state index is -3.31. The van der Waals surface area contributed by atoms with Gasteiger partial charge in [-0.05, 0) is 54.8 Å². The molecule has 0 aliphatic carbocycles. The molecule has 0 radical (unpaired) electrons. The Labute approximate surface area is 204 Å². The number of rotatable bonds is 6. The van der Waals surface area contributed by atoms with Gasteiger partial charge in [-0.1, -0.05) is 12.1 Å². The van der Waals surface area contributed by atoms with E-state index in [2.05, 4.69) is 10.3 Å². The molecule has 0 unspecified atom stereocenters. The summed E-state index contributed by atoms with van der Waals surface area (Å²) in [4.78, 5) is 31.6. The first-order chi connectivity index (χ1) is 16.7. The summed E-state index contributed by atoms with van der Waals surface area (Å²) >= 11 is 0. The lowest BCUT2D eigenvalue weighted by Gasteiger charge is -2.38. The lowest BCUT2D eigenvalue weighted by Crippen LogP contribution is -2.54. The molecular weight excluding hydrogens is 466 g/mol. The number of sulfonamides is 1. The number of fused-ring (bicyclic) bond motifs is 1. The van der Waals surface area contributed by atoms with Crippen molar-refractivity contribution < 1.29 is 18.0 Å². The molecule has 3 heterocycles. The molecule has 1 saturated heterocycles. The van der Waals surface area contributed by atoms with Crippen LogP contribution in [0.3, 0.4) is 0 Å². The van der Waals surface area contributed by atoms with Gasteiger partial charge in [-0.15, -0.1) is 0 Å². The summed E-state index contributed by atoms with van der Waals surface area (Å²) < 4.78 is 27.2. The maximum atomic E-state index is 12.9. The highest BCUT2D eigenvalue weighted by Gasteiger charge is 2.36. The second kappa shape index (κ2) is 8.84. The van der Waals surface area contributed by atoms with E-state index >= 15 is 0 Å². The SMILES string of the molecule is Cc1nccn1Cc1cccc(C(=O)N2CC(C(=O)Nc3ccc4c(c3)CCN4S(C)(=O)=O)C2)c1. The van der Waals surface area contributed by atoms with Gasteiger partial charge < -0.3 is 14.8 Å². The van der Waals surface area contributed by atoms with Crippen LogP contribution in [0.5, 0.6) is 0 Å². The zero-order chi connectivity index (χ0) is 24.7. The van der Waals surface area contributed by atoms with Crippen LogP contribution in [0.1, 0.15) is 27.3 Å². The number of carbonyl (C=O) groups is 2. The molecule has 1 N–H and O–H groups in total. The molecule has 2 aliphatic heterocycles. The van der Waals surface area contributed by atoms with Crippen molar-refractivity contribution in [3.63, 3.8) is 0 Å². The minimum Gasteiger partial charge on any atom is -0.337 e. The summed E-state index contributed by atoms with van der Waals surface area (Å²) in [5.41, 5.74) is 3.81. The van der Waals surface area contributed by atoms with E-state index in [-0.39, 0.29) is 17.7 Å². The quantitative estimate of drug-likeness (QED) is 0.567. The van der Waals surface area contributed by atoms with E-state index in [0.29, 0.717) is 49.5 Å². The van der Waals surface area contributed by atoms with Crippen molar-refractivity contribution in [3.8, 4) is 0 Å². The van der Waals surface area contributed by atoms with E-state index in [0.717, 1.165) is 17.0 Å². The fourth-order valence-corrected chi connectivity index (χ4v) is 5.56. The van der Waals surface area contributed by atoms with E-state index < -0.39 is 10.0 Å². The summed E-state index contributed by atoms with van der Waals surface area (Å²) in [5, 5.41) is 2.91. The molecule has 9 nitrogen and oxygen atoms in total. The normalized spacial score (nSPS) is 15.6. The number of aromatic nitrogens is 2. The van der Waals surface area contributed by atoms with Crippen molar-refractivity contribution in [2.24, 2.45) is 5.92 Å². The van der Waals surface area contributed by atoms with Crippen molar-refractivity contribution in [2.75, 3.05) is 35.5 Å². The van der Waals surface area contributed by atoms with Crippen LogP contribution in [-0.2, 0) is 27.8 Å². The zero-order valence-corrected chi connectivity index (χ0v) is 20.5. The van der Waals surface area contributed by atoms with E-state index in [1.165, 1.54) is 10.6 Å². The Morgan fingerprint density at radius 2 is 1.94 bits per heavy atom. The summed E-state index contributed by atoms with van der Waals surface area (Å²) in [6, 6.07) is 12.8. The van der Waals surface area contributed by atoms with Crippen LogP contribution in [0, 0.1) is 12.8 Å².